The number of aromatic amines is 1. The van der Waals surface area contributed by atoms with Gasteiger partial charge in [0.05, 0.1) is 11.9 Å². The van der Waals surface area contributed by atoms with Gasteiger partial charge in [-0.2, -0.15) is 10.2 Å². The van der Waals surface area contributed by atoms with E-state index < -0.39 is 0 Å². The van der Waals surface area contributed by atoms with E-state index in [4.69, 9.17) is 11.5 Å². The highest BCUT2D eigenvalue weighted by atomic mass is 16.1. The zero-order valence-electron chi connectivity index (χ0n) is 13.0. The summed E-state index contributed by atoms with van der Waals surface area (Å²) in [7, 11) is 0. The number of nitrogens with two attached hydrogens (primary N) is 2. The number of nitrogen functional groups attached to an aromatic ring is 2. The largest absolute Gasteiger partial charge is 0.399 e. The number of hydrogen-bond acceptors (Lipinski definition) is 6. The Morgan fingerprint density at radius 3 is 2.96 bits per heavy atom. The third-order valence-electron chi connectivity index (χ3n) is 3.68. The van der Waals surface area contributed by atoms with Crippen molar-refractivity contribution in [2.24, 2.45) is 0 Å². The van der Waals surface area contributed by atoms with Gasteiger partial charge in [-0.1, -0.05) is 12.1 Å². The van der Waals surface area contributed by atoms with Crippen LogP contribution in [0, 0.1) is 0 Å². The first-order valence-electron chi connectivity index (χ1n) is 7.43. The van der Waals surface area contributed by atoms with E-state index in [0.717, 1.165) is 5.56 Å². The third-order valence-corrected chi connectivity index (χ3v) is 3.68. The van der Waals surface area contributed by atoms with Gasteiger partial charge in [-0.3, -0.25) is 9.89 Å². The summed E-state index contributed by atoms with van der Waals surface area (Å²) in [5.74, 6) is -0.0505. The third kappa shape index (κ3) is 2.63. The van der Waals surface area contributed by atoms with Gasteiger partial charge in [-0.05, 0) is 18.2 Å². The van der Waals surface area contributed by atoms with E-state index in [9.17, 15) is 4.79 Å². The molecule has 0 saturated heterocycles. The fourth-order valence-corrected chi connectivity index (χ4v) is 2.52. The molecule has 4 rings (SSSR count). The first-order chi connectivity index (χ1) is 12.1. The number of benzene rings is 1. The molecule has 3 heterocycles. The SMILES string of the molecule is Nc1cccc(-c2n[nH]cc2NC(=O)c2cnn3ccc(N)nc23)c1. The molecule has 0 spiro atoms. The Hall–Kier alpha value is -3.88. The molecule has 3 aromatic heterocycles. The fourth-order valence-electron chi connectivity index (χ4n) is 2.52. The molecule has 4 aromatic rings. The van der Waals surface area contributed by atoms with Crippen LogP contribution in [0.15, 0.2) is 48.9 Å². The van der Waals surface area contributed by atoms with E-state index in [1.54, 1.807) is 30.6 Å². The summed E-state index contributed by atoms with van der Waals surface area (Å²) in [5.41, 5.74) is 14.7. The molecule has 6 N–H and O–H groups in total. The van der Waals surface area contributed by atoms with Gasteiger partial charge in [0.15, 0.2) is 5.65 Å². The van der Waals surface area contributed by atoms with Gasteiger partial charge >= 0.3 is 0 Å². The molecule has 0 unspecified atom stereocenters. The number of carbonyl (C=O) groups is 1. The second kappa shape index (κ2) is 5.64. The van der Waals surface area contributed by atoms with Gasteiger partial charge in [0.2, 0.25) is 0 Å². The number of nitrogens with one attached hydrogen (secondary N) is 2. The standard InChI is InChI=1S/C16H14N8O/c17-10-3-1-2-9(6-10)14-12(8-19-23-14)21-16(25)11-7-20-24-5-4-13(18)22-15(11)24/h1-8H,17H2,(H2,18,22)(H,19,23)(H,21,25). The van der Waals surface area contributed by atoms with Crippen molar-refractivity contribution in [1.29, 1.82) is 0 Å². The summed E-state index contributed by atoms with van der Waals surface area (Å²) in [4.78, 5) is 16.8. The molecule has 9 nitrogen and oxygen atoms in total. The number of aromatic nitrogens is 5. The lowest BCUT2D eigenvalue weighted by Crippen LogP contribution is -2.12. The number of hydrogen-bond donors (Lipinski definition) is 4. The number of carbonyl (C=O) groups excluding carboxylic acids is 1. The minimum absolute atomic E-state index is 0.311. The Morgan fingerprint density at radius 1 is 1.24 bits per heavy atom. The van der Waals surface area contributed by atoms with Crippen LogP contribution >= 0.6 is 0 Å². The second-order valence-electron chi connectivity index (χ2n) is 5.41. The Labute approximate surface area is 141 Å². The molecule has 0 aliphatic heterocycles. The Balaban J connectivity index is 1.68. The molecule has 0 aliphatic rings. The summed E-state index contributed by atoms with van der Waals surface area (Å²) >= 11 is 0. The van der Waals surface area contributed by atoms with Gasteiger partial charge < -0.3 is 16.8 Å². The number of fused-ring (bicyclic) bond motifs is 1. The smallest absolute Gasteiger partial charge is 0.261 e. The maximum absolute atomic E-state index is 12.6. The van der Waals surface area contributed by atoms with Crippen LogP contribution in [0.4, 0.5) is 17.2 Å². The molecule has 1 amide bonds. The minimum atomic E-state index is -0.361. The first kappa shape index (κ1) is 14.7. The average molecular weight is 334 g/mol. The average Bonchev–Trinajstić information content (AvgIpc) is 3.21. The minimum Gasteiger partial charge on any atom is -0.399 e. The van der Waals surface area contributed by atoms with Gasteiger partial charge in [0, 0.05) is 23.6 Å². The van der Waals surface area contributed by atoms with Crippen LogP contribution in [0.2, 0.25) is 0 Å². The summed E-state index contributed by atoms with van der Waals surface area (Å²) in [5, 5.41) is 13.9. The molecule has 0 bridgehead atoms. The highest BCUT2D eigenvalue weighted by Crippen LogP contribution is 2.27. The number of anilines is 3. The van der Waals surface area contributed by atoms with Crippen molar-refractivity contribution in [3.05, 3.63) is 54.5 Å². The normalized spacial score (nSPS) is 10.9. The molecule has 0 atom stereocenters. The van der Waals surface area contributed by atoms with E-state index in [2.05, 4.69) is 25.6 Å². The second-order valence-corrected chi connectivity index (χ2v) is 5.41. The highest BCUT2D eigenvalue weighted by molar-refractivity contribution is 6.09. The van der Waals surface area contributed by atoms with Crippen LogP contribution in [0.5, 0.6) is 0 Å². The Kier molecular flexibility index (Phi) is 3.31. The number of H-pyrrole nitrogens is 1. The number of nitrogens with zero attached hydrogens (tertiary/aromatic N) is 4. The number of rotatable bonds is 3. The summed E-state index contributed by atoms with van der Waals surface area (Å²) in [6, 6.07) is 8.85. The lowest BCUT2D eigenvalue weighted by Gasteiger charge is -2.05. The van der Waals surface area contributed by atoms with E-state index in [1.165, 1.54) is 10.7 Å². The monoisotopic (exact) mass is 334 g/mol. The van der Waals surface area contributed by atoms with Crippen molar-refractivity contribution >= 4 is 28.7 Å². The lowest BCUT2D eigenvalue weighted by molar-refractivity contribution is 0.102. The topological polar surface area (TPSA) is 140 Å². The molecule has 1 aromatic carbocycles. The number of amides is 1. The molecule has 25 heavy (non-hydrogen) atoms. The molecule has 0 saturated carbocycles. The van der Waals surface area contributed by atoms with Gasteiger partial charge in [-0.15, -0.1) is 0 Å². The van der Waals surface area contributed by atoms with Crippen molar-refractivity contribution in [1.82, 2.24) is 24.8 Å². The van der Waals surface area contributed by atoms with E-state index in [-0.39, 0.29) is 5.91 Å². The van der Waals surface area contributed by atoms with Crippen molar-refractivity contribution in [2.75, 3.05) is 16.8 Å². The maximum atomic E-state index is 12.6. The quantitative estimate of drug-likeness (QED) is 0.419. The predicted octanol–water partition coefficient (Wildman–Crippen LogP) is 1.54. The van der Waals surface area contributed by atoms with Crippen LogP contribution in [0.3, 0.4) is 0 Å². The fraction of sp³-hybridized carbons (Fsp3) is 0. The van der Waals surface area contributed by atoms with Gasteiger partial charge in [0.25, 0.3) is 5.91 Å². The molecular weight excluding hydrogens is 320 g/mol. The van der Waals surface area contributed by atoms with Crippen molar-refractivity contribution in [3.8, 4) is 11.3 Å². The molecule has 0 aliphatic carbocycles. The molecule has 0 fully saturated rings. The van der Waals surface area contributed by atoms with Crippen molar-refractivity contribution in [2.45, 2.75) is 0 Å². The zero-order chi connectivity index (χ0) is 17.4. The predicted molar refractivity (Wildman–Crippen MR) is 93.8 cm³/mol. The van der Waals surface area contributed by atoms with E-state index >= 15 is 0 Å². The molecule has 124 valence electrons. The van der Waals surface area contributed by atoms with E-state index in [1.807, 2.05) is 12.1 Å². The van der Waals surface area contributed by atoms with Crippen LogP contribution in [-0.4, -0.2) is 30.7 Å². The lowest BCUT2D eigenvalue weighted by atomic mass is 10.1. The van der Waals surface area contributed by atoms with Crippen molar-refractivity contribution < 1.29 is 4.79 Å². The Bertz CT molecular complexity index is 1080. The van der Waals surface area contributed by atoms with Crippen LogP contribution in [-0.2, 0) is 0 Å². The summed E-state index contributed by atoms with van der Waals surface area (Å²) < 4.78 is 1.49. The Morgan fingerprint density at radius 2 is 2.12 bits per heavy atom. The van der Waals surface area contributed by atoms with Gasteiger partial charge in [0.1, 0.15) is 17.1 Å². The zero-order valence-corrected chi connectivity index (χ0v) is 13.0. The summed E-state index contributed by atoms with van der Waals surface area (Å²) in [6.45, 7) is 0. The first-order valence-corrected chi connectivity index (χ1v) is 7.43. The van der Waals surface area contributed by atoms with E-state index in [0.29, 0.717) is 34.1 Å². The van der Waals surface area contributed by atoms with Gasteiger partial charge in [-0.25, -0.2) is 9.50 Å². The van der Waals surface area contributed by atoms with Crippen LogP contribution in [0.1, 0.15) is 10.4 Å². The highest BCUT2D eigenvalue weighted by Gasteiger charge is 2.17. The molecule has 0 radical (unpaired) electrons. The van der Waals surface area contributed by atoms with Crippen LogP contribution in [0.25, 0.3) is 16.9 Å². The summed E-state index contributed by atoms with van der Waals surface area (Å²) in [6.07, 6.45) is 4.69. The molecular formula is C16H14N8O. The van der Waals surface area contributed by atoms with Crippen LogP contribution < -0.4 is 16.8 Å². The maximum Gasteiger partial charge on any atom is 0.261 e. The van der Waals surface area contributed by atoms with Crippen molar-refractivity contribution in [3.63, 3.8) is 0 Å². The molecule has 9 heteroatoms.